The topological polar surface area (TPSA) is 37.4 Å². The van der Waals surface area contributed by atoms with E-state index in [0.717, 1.165) is 37.6 Å². The minimum atomic E-state index is 0.369. The quantitative estimate of drug-likeness (QED) is 0.860. The zero-order valence-electron chi connectivity index (χ0n) is 11.5. The Morgan fingerprint density at radius 3 is 3.17 bits per heavy atom. The Kier molecular flexibility index (Phi) is 4.97. The van der Waals surface area contributed by atoms with Crippen molar-refractivity contribution in [2.45, 2.75) is 38.8 Å². The number of thiazole rings is 1. The van der Waals surface area contributed by atoms with Crippen LogP contribution in [0, 0.1) is 0 Å². The summed E-state index contributed by atoms with van der Waals surface area (Å²) in [6, 6.07) is 0.400. The number of hydrogen-bond donors (Lipinski definition) is 1. The first-order valence-electron chi connectivity index (χ1n) is 6.71. The van der Waals surface area contributed by atoms with Crippen molar-refractivity contribution in [2.75, 3.05) is 31.6 Å². The Labute approximate surface area is 113 Å². The predicted molar refractivity (Wildman–Crippen MR) is 76.4 cm³/mol. The highest BCUT2D eigenvalue weighted by atomic mass is 32.1. The van der Waals surface area contributed by atoms with Crippen LogP contribution in [0.2, 0.25) is 0 Å². The van der Waals surface area contributed by atoms with Crippen LogP contribution in [0.5, 0.6) is 0 Å². The van der Waals surface area contributed by atoms with Gasteiger partial charge in [0.1, 0.15) is 0 Å². The predicted octanol–water partition coefficient (Wildman–Crippen LogP) is 2.43. The van der Waals surface area contributed by atoms with E-state index in [4.69, 9.17) is 4.74 Å². The number of nitrogens with one attached hydrogen (secondary N) is 1. The van der Waals surface area contributed by atoms with E-state index in [1.54, 1.807) is 18.4 Å². The third-order valence-electron chi connectivity index (χ3n) is 3.39. The Balaban J connectivity index is 1.93. The molecule has 0 aromatic carbocycles. The van der Waals surface area contributed by atoms with Gasteiger partial charge in [-0.1, -0.05) is 6.92 Å². The van der Waals surface area contributed by atoms with Gasteiger partial charge in [0.2, 0.25) is 0 Å². The molecule has 2 heterocycles. The summed E-state index contributed by atoms with van der Waals surface area (Å²) in [5, 5.41) is 4.63. The van der Waals surface area contributed by atoms with Crippen molar-refractivity contribution in [3.63, 3.8) is 0 Å². The minimum absolute atomic E-state index is 0.369. The van der Waals surface area contributed by atoms with Crippen LogP contribution in [-0.2, 0) is 4.74 Å². The molecule has 5 heteroatoms. The molecule has 0 radical (unpaired) electrons. The van der Waals surface area contributed by atoms with Gasteiger partial charge in [0.15, 0.2) is 5.13 Å². The summed E-state index contributed by atoms with van der Waals surface area (Å²) >= 11 is 1.80. The molecule has 2 unspecified atom stereocenters. The average molecular weight is 269 g/mol. The Hall–Kier alpha value is -0.650. The molecule has 2 rings (SSSR count). The molecule has 0 saturated carbocycles. The Morgan fingerprint density at radius 1 is 1.67 bits per heavy atom. The van der Waals surface area contributed by atoms with Crippen molar-refractivity contribution in [3.05, 3.63) is 11.1 Å². The first-order valence-corrected chi connectivity index (χ1v) is 7.53. The van der Waals surface area contributed by atoms with E-state index in [-0.39, 0.29) is 0 Å². The van der Waals surface area contributed by atoms with Gasteiger partial charge in [-0.25, -0.2) is 4.98 Å². The van der Waals surface area contributed by atoms with Crippen LogP contribution in [0.25, 0.3) is 0 Å². The normalized spacial score (nSPS) is 21.5. The van der Waals surface area contributed by atoms with Crippen molar-refractivity contribution in [3.8, 4) is 0 Å². The summed E-state index contributed by atoms with van der Waals surface area (Å²) in [5.74, 6) is 0. The zero-order chi connectivity index (χ0) is 13.0. The van der Waals surface area contributed by atoms with Crippen molar-refractivity contribution in [2.24, 2.45) is 0 Å². The summed E-state index contributed by atoms with van der Waals surface area (Å²) < 4.78 is 5.39. The molecule has 1 aromatic rings. The van der Waals surface area contributed by atoms with Gasteiger partial charge in [-0.15, -0.1) is 11.3 Å². The van der Waals surface area contributed by atoms with Crippen molar-refractivity contribution < 1.29 is 4.74 Å². The van der Waals surface area contributed by atoms with Crippen LogP contribution in [0.4, 0.5) is 5.13 Å². The minimum Gasteiger partial charge on any atom is -0.380 e. The van der Waals surface area contributed by atoms with E-state index in [1.807, 2.05) is 6.20 Å². The molecule has 0 bridgehead atoms. The molecule has 18 heavy (non-hydrogen) atoms. The summed E-state index contributed by atoms with van der Waals surface area (Å²) in [7, 11) is 1.79. The van der Waals surface area contributed by atoms with Crippen LogP contribution in [-0.4, -0.2) is 37.8 Å². The van der Waals surface area contributed by atoms with Gasteiger partial charge in [0, 0.05) is 37.3 Å². The molecule has 1 aliphatic rings. The molecular formula is C13H23N3OS. The Bertz CT molecular complexity index is 369. The number of aromatic nitrogens is 1. The van der Waals surface area contributed by atoms with E-state index in [9.17, 15) is 0 Å². The number of methoxy groups -OCH3 is 1. The molecule has 0 spiro atoms. The van der Waals surface area contributed by atoms with Crippen LogP contribution >= 0.6 is 11.3 Å². The maximum absolute atomic E-state index is 5.39. The molecule has 1 fully saturated rings. The first kappa shape index (κ1) is 13.8. The van der Waals surface area contributed by atoms with Crippen molar-refractivity contribution >= 4 is 16.5 Å². The van der Waals surface area contributed by atoms with Crippen LogP contribution < -0.4 is 10.2 Å². The molecule has 2 atom stereocenters. The van der Waals surface area contributed by atoms with E-state index < -0.39 is 0 Å². The second-order valence-corrected chi connectivity index (χ2v) is 5.85. The lowest BCUT2D eigenvalue weighted by molar-refractivity contribution is 0.121. The van der Waals surface area contributed by atoms with Gasteiger partial charge in [-0.05, 0) is 26.3 Å². The van der Waals surface area contributed by atoms with E-state index in [2.05, 4.69) is 29.0 Å². The SMILES string of the molecule is CCCNC(C)c1cnc(N2CCC(OC)C2)s1. The summed E-state index contributed by atoms with van der Waals surface area (Å²) in [6.45, 7) is 7.48. The van der Waals surface area contributed by atoms with E-state index in [0.29, 0.717) is 12.1 Å². The van der Waals surface area contributed by atoms with Crippen molar-refractivity contribution in [1.82, 2.24) is 10.3 Å². The molecule has 0 aliphatic carbocycles. The van der Waals surface area contributed by atoms with Gasteiger partial charge in [-0.2, -0.15) is 0 Å². The first-order chi connectivity index (χ1) is 8.74. The van der Waals surface area contributed by atoms with Gasteiger partial charge in [0.05, 0.1) is 6.10 Å². The van der Waals surface area contributed by atoms with Crippen LogP contribution in [0.3, 0.4) is 0 Å². The number of ether oxygens (including phenoxy) is 1. The zero-order valence-corrected chi connectivity index (χ0v) is 12.3. The summed E-state index contributed by atoms with van der Waals surface area (Å²) in [4.78, 5) is 8.19. The van der Waals surface area contributed by atoms with E-state index >= 15 is 0 Å². The van der Waals surface area contributed by atoms with Crippen LogP contribution in [0.15, 0.2) is 6.20 Å². The van der Waals surface area contributed by atoms with E-state index in [1.165, 1.54) is 4.88 Å². The summed E-state index contributed by atoms with van der Waals surface area (Å²) in [6.07, 6.45) is 4.65. The number of anilines is 1. The molecule has 0 amide bonds. The molecule has 1 saturated heterocycles. The molecule has 1 N–H and O–H groups in total. The van der Waals surface area contributed by atoms with Gasteiger partial charge >= 0.3 is 0 Å². The number of rotatable bonds is 6. The second kappa shape index (κ2) is 6.50. The third-order valence-corrected chi connectivity index (χ3v) is 4.63. The highest BCUT2D eigenvalue weighted by Crippen LogP contribution is 2.29. The third kappa shape index (κ3) is 3.22. The maximum Gasteiger partial charge on any atom is 0.185 e. The molecule has 102 valence electrons. The second-order valence-electron chi connectivity index (χ2n) is 4.81. The Morgan fingerprint density at radius 2 is 2.50 bits per heavy atom. The lowest BCUT2D eigenvalue weighted by Gasteiger charge is -2.14. The van der Waals surface area contributed by atoms with Gasteiger partial charge in [-0.3, -0.25) is 0 Å². The molecule has 1 aliphatic heterocycles. The molecular weight excluding hydrogens is 246 g/mol. The highest BCUT2D eigenvalue weighted by Gasteiger charge is 2.24. The average Bonchev–Trinajstić information content (AvgIpc) is 3.03. The largest absolute Gasteiger partial charge is 0.380 e. The smallest absolute Gasteiger partial charge is 0.185 e. The standard InChI is InChI=1S/C13H23N3OS/c1-4-6-14-10(2)12-8-15-13(18-12)16-7-5-11(9-16)17-3/h8,10-11,14H,4-7,9H2,1-3H3. The molecule has 4 nitrogen and oxygen atoms in total. The van der Waals surface area contributed by atoms with Gasteiger partial charge in [0.25, 0.3) is 0 Å². The number of hydrogen-bond acceptors (Lipinski definition) is 5. The van der Waals surface area contributed by atoms with Crippen LogP contribution in [0.1, 0.15) is 37.6 Å². The summed E-state index contributed by atoms with van der Waals surface area (Å²) in [5.41, 5.74) is 0. The fourth-order valence-corrected chi connectivity index (χ4v) is 3.16. The maximum atomic E-state index is 5.39. The fraction of sp³-hybridized carbons (Fsp3) is 0.769. The monoisotopic (exact) mass is 269 g/mol. The molecule has 1 aromatic heterocycles. The number of nitrogens with zero attached hydrogens (tertiary/aromatic N) is 2. The van der Waals surface area contributed by atoms with Gasteiger partial charge < -0.3 is 15.0 Å². The fourth-order valence-electron chi connectivity index (χ4n) is 2.18. The lowest BCUT2D eigenvalue weighted by Crippen LogP contribution is -2.21. The van der Waals surface area contributed by atoms with Crippen molar-refractivity contribution in [1.29, 1.82) is 0 Å². The lowest BCUT2D eigenvalue weighted by atomic mass is 10.3. The highest BCUT2D eigenvalue weighted by molar-refractivity contribution is 7.15.